The van der Waals surface area contributed by atoms with Gasteiger partial charge < -0.3 is 14.2 Å². The first-order valence-electron chi connectivity index (χ1n) is 10.3. The summed E-state index contributed by atoms with van der Waals surface area (Å²) < 4.78 is 19.5. The Morgan fingerprint density at radius 3 is 2.88 bits per heavy atom. The third-order valence-corrected chi connectivity index (χ3v) is 7.03. The highest BCUT2D eigenvalue weighted by molar-refractivity contribution is 14.1. The second kappa shape index (κ2) is 8.79. The van der Waals surface area contributed by atoms with E-state index in [1.807, 2.05) is 42.5 Å². The van der Waals surface area contributed by atoms with Gasteiger partial charge >= 0.3 is 5.97 Å². The lowest BCUT2D eigenvalue weighted by atomic mass is 9.95. The Bertz CT molecular complexity index is 1490. The van der Waals surface area contributed by atoms with Crippen molar-refractivity contribution in [2.45, 2.75) is 19.9 Å². The number of carbonyl (C=O) groups excluding carboxylic acids is 1. The average molecular weight is 574 g/mol. The van der Waals surface area contributed by atoms with Crippen molar-refractivity contribution in [1.82, 2.24) is 4.57 Å². The van der Waals surface area contributed by atoms with E-state index in [9.17, 15) is 9.59 Å². The van der Waals surface area contributed by atoms with Crippen LogP contribution in [-0.2, 0) is 9.53 Å². The van der Waals surface area contributed by atoms with Crippen molar-refractivity contribution in [2.75, 3.05) is 13.4 Å². The minimum absolute atomic E-state index is 0.136. The number of hydrogen-bond acceptors (Lipinski definition) is 7. The molecule has 0 amide bonds. The highest BCUT2D eigenvalue weighted by Crippen LogP contribution is 2.38. The Balaban J connectivity index is 1.73. The Morgan fingerprint density at radius 2 is 2.09 bits per heavy atom. The van der Waals surface area contributed by atoms with Crippen LogP contribution in [0.15, 0.2) is 63.5 Å². The minimum Gasteiger partial charge on any atom is -0.463 e. The molecule has 0 saturated heterocycles. The van der Waals surface area contributed by atoms with Crippen molar-refractivity contribution < 1.29 is 19.0 Å². The standard InChI is InChI=1S/C24H19IN2O5S/c1-3-30-23(29)20-13(2)26-24-27(21(20)15-7-8-17-18(11-15)32-12-31-17)22(28)19(33-24)10-14-5-4-6-16(25)9-14/h4-11,21H,3,12H2,1-2H3/b19-10+/t21-/m1/s1. The average Bonchev–Trinajstić information content (AvgIpc) is 3.37. The number of nitrogens with zero attached hydrogens (tertiary/aromatic N) is 2. The maximum Gasteiger partial charge on any atom is 0.338 e. The molecular weight excluding hydrogens is 555 g/mol. The molecule has 0 fully saturated rings. The Hall–Kier alpha value is -2.92. The van der Waals surface area contributed by atoms with E-state index < -0.39 is 12.0 Å². The molecule has 0 bridgehead atoms. The number of allylic oxidation sites excluding steroid dienone is 1. The zero-order chi connectivity index (χ0) is 23.1. The van der Waals surface area contributed by atoms with Gasteiger partial charge in [-0.25, -0.2) is 9.79 Å². The molecule has 0 unspecified atom stereocenters. The molecule has 3 heterocycles. The zero-order valence-corrected chi connectivity index (χ0v) is 20.8. The number of aromatic nitrogens is 1. The molecule has 9 heteroatoms. The van der Waals surface area contributed by atoms with E-state index in [0.717, 1.165) is 14.7 Å². The molecular formula is C24H19IN2O5S. The molecule has 1 aromatic heterocycles. The zero-order valence-electron chi connectivity index (χ0n) is 17.8. The number of fused-ring (bicyclic) bond motifs is 2. The number of hydrogen-bond donors (Lipinski definition) is 0. The maximum atomic E-state index is 13.6. The SMILES string of the molecule is CCOC(=O)C1=C(C)N=c2s/c(=C/c3cccc(I)c3)c(=O)n2[C@@H]1c1ccc2c(c1)OCO2. The highest BCUT2D eigenvalue weighted by Gasteiger charge is 2.34. The van der Waals surface area contributed by atoms with E-state index >= 15 is 0 Å². The topological polar surface area (TPSA) is 79.1 Å². The molecule has 1 atom stereocenters. The molecule has 2 aromatic carbocycles. The van der Waals surface area contributed by atoms with E-state index in [0.29, 0.717) is 32.1 Å². The number of esters is 1. The predicted octanol–water partition coefficient (Wildman–Crippen LogP) is 3.13. The van der Waals surface area contributed by atoms with Gasteiger partial charge in [-0.2, -0.15) is 0 Å². The number of rotatable bonds is 4. The van der Waals surface area contributed by atoms with E-state index in [-0.39, 0.29) is 19.0 Å². The van der Waals surface area contributed by atoms with Crippen LogP contribution < -0.4 is 24.4 Å². The molecule has 33 heavy (non-hydrogen) atoms. The van der Waals surface area contributed by atoms with Crippen molar-refractivity contribution in [1.29, 1.82) is 0 Å². The summed E-state index contributed by atoms with van der Waals surface area (Å²) in [4.78, 5) is 31.7. The highest BCUT2D eigenvalue weighted by atomic mass is 127. The van der Waals surface area contributed by atoms with E-state index in [1.54, 1.807) is 24.5 Å². The molecule has 0 saturated carbocycles. The quantitative estimate of drug-likeness (QED) is 0.354. The number of ether oxygens (including phenoxy) is 3. The lowest BCUT2D eigenvalue weighted by Gasteiger charge is -2.24. The summed E-state index contributed by atoms with van der Waals surface area (Å²) in [6.07, 6.45) is 1.85. The van der Waals surface area contributed by atoms with Gasteiger partial charge in [0.15, 0.2) is 16.3 Å². The van der Waals surface area contributed by atoms with E-state index in [4.69, 9.17) is 14.2 Å². The predicted molar refractivity (Wildman–Crippen MR) is 132 cm³/mol. The van der Waals surface area contributed by atoms with Crippen molar-refractivity contribution in [3.05, 3.63) is 88.1 Å². The molecule has 0 N–H and O–H groups in total. The first-order chi connectivity index (χ1) is 16.0. The van der Waals surface area contributed by atoms with E-state index in [1.165, 1.54) is 11.3 Å². The molecule has 0 spiro atoms. The first-order valence-corrected chi connectivity index (χ1v) is 12.2. The summed E-state index contributed by atoms with van der Waals surface area (Å²) in [5.41, 5.74) is 2.29. The fourth-order valence-corrected chi connectivity index (χ4v) is 5.55. The van der Waals surface area contributed by atoms with Gasteiger partial charge in [0.1, 0.15) is 0 Å². The van der Waals surface area contributed by atoms with Crippen LogP contribution in [0.1, 0.15) is 31.0 Å². The summed E-state index contributed by atoms with van der Waals surface area (Å²) in [6.45, 7) is 3.88. The van der Waals surface area contributed by atoms with Gasteiger partial charge in [-0.05, 0) is 77.9 Å². The molecule has 0 radical (unpaired) electrons. The van der Waals surface area contributed by atoms with Crippen molar-refractivity contribution in [3.63, 3.8) is 0 Å². The number of benzene rings is 2. The number of thiazole rings is 1. The van der Waals surface area contributed by atoms with Crippen LogP contribution in [0.25, 0.3) is 6.08 Å². The van der Waals surface area contributed by atoms with Crippen LogP contribution >= 0.6 is 33.9 Å². The molecule has 5 rings (SSSR count). The fraction of sp³-hybridized carbons (Fsp3) is 0.208. The van der Waals surface area contributed by atoms with E-state index in [2.05, 4.69) is 27.6 Å². The maximum absolute atomic E-state index is 13.6. The minimum atomic E-state index is -0.687. The smallest absolute Gasteiger partial charge is 0.338 e. The normalized spacial score (nSPS) is 17.1. The number of halogens is 1. The van der Waals surface area contributed by atoms with Gasteiger partial charge in [-0.1, -0.05) is 29.5 Å². The summed E-state index contributed by atoms with van der Waals surface area (Å²) in [5, 5.41) is 0. The van der Waals surface area contributed by atoms with Crippen molar-refractivity contribution >= 4 is 46.0 Å². The molecule has 0 aliphatic carbocycles. The summed E-state index contributed by atoms with van der Waals surface area (Å²) in [6, 6.07) is 12.6. The van der Waals surface area contributed by atoms with Gasteiger partial charge in [-0.3, -0.25) is 9.36 Å². The monoisotopic (exact) mass is 574 g/mol. The molecule has 2 aliphatic rings. The summed E-state index contributed by atoms with van der Waals surface area (Å²) in [7, 11) is 0. The molecule has 7 nitrogen and oxygen atoms in total. The van der Waals surface area contributed by atoms with Crippen molar-refractivity contribution in [3.8, 4) is 11.5 Å². The third-order valence-electron chi connectivity index (χ3n) is 5.38. The molecule has 2 aliphatic heterocycles. The molecule has 3 aromatic rings. The first kappa shape index (κ1) is 21.9. The number of carbonyl (C=O) groups is 1. The van der Waals surface area contributed by atoms with Gasteiger partial charge in [0, 0.05) is 3.57 Å². The van der Waals surface area contributed by atoms with Crippen LogP contribution in [-0.4, -0.2) is 23.9 Å². The molecule has 168 valence electrons. The summed E-state index contributed by atoms with van der Waals surface area (Å²) >= 11 is 3.54. The second-order valence-electron chi connectivity index (χ2n) is 7.47. The van der Waals surface area contributed by atoms with Crippen LogP contribution in [0.3, 0.4) is 0 Å². The largest absolute Gasteiger partial charge is 0.463 e. The fourth-order valence-electron chi connectivity index (χ4n) is 3.94. The van der Waals surface area contributed by atoms with Crippen LogP contribution in [0.4, 0.5) is 0 Å². The van der Waals surface area contributed by atoms with Gasteiger partial charge in [0.2, 0.25) is 6.79 Å². The van der Waals surface area contributed by atoms with Gasteiger partial charge in [0.25, 0.3) is 5.56 Å². The van der Waals surface area contributed by atoms with Gasteiger partial charge in [-0.15, -0.1) is 0 Å². The van der Waals surface area contributed by atoms with Crippen molar-refractivity contribution in [2.24, 2.45) is 4.99 Å². The van der Waals surface area contributed by atoms with Crippen LogP contribution in [0.5, 0.6) is 11.5 Å². The summed E-state index contributed by atoms with van der Waals surface area (Å²) in [5.74, 6) is 0.711. The lowest BCUT2D eigenvalue weighted by molar-refractivity contribution is -0.139. The lowest BCUT2D eigenvalue weighted by Crippen LogP contribution is -2.39. The Morgan fingerprint density at radius 1 is 1.27 bits per heavy atom. The van der Waals surface area contributed by atoms with Crippen LogP contribution in [0, 0.1) is 3.57 Å². The Kier molecular flexibility index (Phi) is 5.83. The second-order valence-corrected chi connectivity index (χ2v) is 9.72. The third kappa shape index (κ3) is 3.99. The Labute approximate surface area is 206 Å². The van der Waals surface area contributed by atoms with Crippen LogP contribution in [0.2, 0.25) is 0 Å². The van der Waals surface area contributed by atoms with Gasteiger partial charge in [0.05, 0.1) is 28.5 Å².